The van der Waals surface area contributed by atoms with Gasteiger partial charge in [-0.3, -0.25) is 4.79 Å². The van der Waals surface area contributed by atoms with Gasteiger partial charge < -0.3 is 10.1 Å². The van der Waals surface area contributed by atoms with Crippen molar-refractivity contribution < 1.29 is 14.3 Å². The fourth-order valence-corrected chi connectivity index (χ4v) is 5.30. The average molecular weight is 450 g/mol. The number of carbonyl (C=O) groups is 2. The Labute approximate surface area is 200 Å². The van der Waals surface area contributed by atoms with Crippen LogP contribution >= 0.6 is 0 Å². The minimum absolute atomic E-state index is 0.0344. The molecule has 2 atom stereocenters. The first kappa shape index (κ1) is 21.9. The summed E-state index contributed by atoms with van der Waals surface area (Å²) < 4.78 is 5.54. The summed E-state index contributed by atoms with van der Waals surface area (Å²) in [5, 5.41) is 3.49. The Morgan fingerprint density at radius 1 is 0.912 bits per heavy atom. The Balaban J connectivity index is 1.73. The van der Waals surface area contributed by atoms with Crippen molar-refractivity contribution in [2.24, 2.45) is 5.41 Å². The van der Waals surface area contributed by atoms with Gasteiger partial charge in [0, 0.05) is 23.7 Å². The van der Waals surface area contributed by atoms with E-state index in [1.54, 1.807) is 6.92 Å². The number of allylic oxidation sites excluding steroid dienone is 2. The first-order valence-electron chi connectivity index (χ1n) is 11.7. The summed E-state index contributed by atoms with van der Waals surface area (Å²) in [7, 11) is 0. The van der Waals surface area contributed by atoms with Crippen molar-refractivity contribution >= 4 is 17.3 Å². The highest BCUT2D eigenvalue weighted by atomic mass is 16.5. The molecular weight excluding hydrogens is 422 g/mol. The van der Waals surface area contributed by atoms with Gasteiger partial charge in [-0.15, -0.1) is 0 Å². The number of Topliss-reactive ketones (excluding diaryl/α,β-unsaturated/α-hetero) is 1. The summed E-state index contributed by atoms with van der Waals surface area (Å²) in [5.41, 5.74) is 4.87. The lowest BCUT2D eigenvalue weighted by Gasteiger charge is -2.39. The third kappa shape index (κ3) is 3.47. The van der Waals surface area contributed by atoms with Crippen LogP contribution < -0.4 is 5.32 Å². The number of benzene rings is 3. The highest BCUT2D eigenvalue weighted by Crippen LogP contribution is 2.59. The number of fused-ring (bicyclic) bond motifs is 3. The van der Waals surface area contributed by atoms with E-state index in [2.05, 4.69) is 5.32 Å². The monoisotopic (exact) mass is 449 g/mol. The quantitative estimate of drug-likeness (QED) is 0.492. The molecule has 0 spiro atoms. The van der Waals surface area contributed by atoms with Crippen molar-refractivity contribution in [3.8, 4) is 0 Å². The predicted molar refractivity (Wildman–Crippen MR) is 133 cm³/mol. The molecule has 3 aromatic rings. The molecule has 0 amide bonds. The van der Waals surface area contributed by atoms with Crippen molar-refractivity contribution in [3.05, 3.63) is 125 Å². The normalized spacial score (nSPS) is 20.9. The fourth-order valence-electron chi connectivity index (χ4n) is 5.30. The third-order valence-corrected chi connectivity index (χ3v) is 6.89. The maximum absolute atomic E-state index is 13.9. The lowest BCUT2D eigenvalue weighted by Crippen LogP contribution is -2.39. The number of nitrogens with one attached hydrogen (secondary N) is 1. The molecule has 0 bridgehead atoms. The molecule has 3 aromatic carbocycles. The summed E-state index contributed by atoms with van der Waals surface area (Å²) >= 11 is 0. The first-order chi connectivity index (χ1) is 16.6. The Hall–Kier alpha value is -3.92. The molecule has 4 heteroatoms. The molecule has 5 rings (SSSR count). The van der Waals surface area contributed by atoms with Crippen molar-refractivity contribution in [2.75, 3.05) is 6.61 Å². The van der Waals surface area contributed by atoms with E-state index in [0.29, 0.717) is 23.4 Å². The number of hydrogen-bond donors (Lipinski definition) is 1. The smallest absolute Gasteiger partial charge is 0.336 e. The van der Waals surface area contributed by atoms with Crippen LogP contribution in [0.15, 0.2) is 102 Å². The highest BCUT2D eigenvalue weighted by Gasteiger charge is 2.56. The van der Waals surface area contributed by atoms with Gasteiger partial charge in [0.2, 0.25) is 0 Å². The van der Waals surface area contributed by atoms with Gasteiger partial charge in [-0.25, -0.2) is 4.79 Å². The molecular formula is C30H27NO3. The van der Waals surface area contributed by atoms with Gasteiger partial charge in [0.1, 0.15) is 0 Å². The van der Waals surface area contributed by atoms with Crippen molar-refractivity contribution in [3.63, 3.8) is 0 Å². The maximum Gasteiger partial charge on any atom is 0.336 e. The van der Waals surface area contributed by atoms with E-state index in [0.717, 1.165) is 22.3 Å². The van der Waals surface area contributed by atoms with Crippen molar-refractivity contribution in [1.82, 2.24) is 5.32 Å². The molecule has 0 aliphatic heterocycles. The zero-order valence-corrected chi connectivity index (χ0v) is 19.4. The molecule has 170 valence electrons. The van der Waals surface area contributed by atoms with E-state index in [-0.39, 0.29) is 12.4 Å². The van der Waals surface area contributed by atoms with Gasteiger partial charge in [0.15, 0.2) is 5.78 Å². The molecule has 0 fully saturated rings. The first-order valence-corrected chi connectivity index (χ1v) is 11.7. The van der Waals surface area contributed by atoms with Crippen LogP contribution in [0.5, 0.6) is 0 Å². The molecule has 1 N–H and O–H groups in total. The predicted octanol–water partition coefficient (Wildman–Crippen LogP) is 5.68. The van der Waals surface area contributed by atoms with Crippen LogP contribution in [0.2, 0.25) is 0 Å². The summed E-state index contributed by atoms with van der Waals surface area (Å²) in [4.78, 5) is 27.4. The van der Waals surface area contributed by atoms with Gasteiger partial charge in [-0.05, 0) is 42.2 Å². The molecule has 0 saturated carbocycles. The molecule has 4 nitrogen and oxygen atoms in total. The summed E-state index contributed by atoms with van der Waals surface area (Å²) in [6, 6.07) is 27.6. The van der Waals surface area contributed by atoms with Gasteiger partial charge in [-0.1, -0.05) is 84.9 Å². The van der Waals surface area contributed by atoms with Crippen LogP contribution in [0.1, 0.15) is 46.8 Å². The van der Waals surface area contributed by atoms with E-state index < -0.39 is 17.3 Å². The summed E-state index contributed by atoms with van der Waals surface area (Å²) in [6.07, 6.45) is 1.98. The number of rotatable bonds is 6. The minimum Gasteiger partial charge on any atom is -0.463 e. The second kappa shape index (κ2) is 8.79. The standard InChI is InChI=1S/C30H27NO3/c1-3-34-29(33)26-25(31-19-20-12-6-4-7-13-20)18-24-22-16-10-11-17-23(22)28(32)30(24,2)27(26)21-14-8-5-9-15-21/h4-18,27,31H,3,19H2,1-2H3. The van der Waals surface area contributed by atoms with E-state index in [1.807, 2.05) is 97.9 Å². The van der Waals surface area contributed by atoms with Gasteiger partial charge >= 0.3 is 5.97 Å². The Bertz CT molecular complexity index is 1310. The summed E-state index contributed by atoms with van der Waals surface area (Å²) in [5.74, 6) is -0.842. The Kier molecular flexibility index (Phi) is 5.66. The third-order valence-electron chi connectivity index (χ3n) is 6.89. The zero-order valence-electron chi connectivity index (χ0n) is 19.4. The van der Waals surface area contributed by atoms with E-state index in [1.165, 1.54) is 0 Å². The average Bonchev–Trinajstić information content (AvgIpc) is 3.10. The Morgan fingerprint density at radius 3 is 2.21 bits per heavy atom. The number of esters is 1. The summed E-state index contributed by atoms with van der Waals surface area (Å²) in [6.45, 7) is 4.58. The lowest BCUT2D eigenvalue weighted by molar-refractivity contribution is -0.139. The van der Waals surface area contributed by atoms with Crippen LogP contribution in [0.25, 0.3) is 5.57 Å². The second-order valence-corrected chi connectivity index (χ2v) is 8.87. The molecule has 0 radical (unpaired) electrons. The largest absolute Gasteiger partial charge is 0.463 e. The molecule has 0 heterocycles. The van der Waals surface area contributed by atoms with E-state index in [9.17, 15) is 9.59 Å². The van der Waals surface area contributed by atoms with Crippen LogP contribution in [0.4, 0.5) is 0 Å². The SMILES string of the molecule is CCOC(=O)C1=C(NCc2ccccc2)C=C2c3ccccc3C(=O)C2(C)C1c1ccccc1. The number of carbonyl (C=O) groups excluding carboxylic acids is 2. The fraction of sp³-hybridized carbons (Fsp3) is 0.200. The molecule has 2 aliphatic carbocycles. The molecule has 0 aromatic heterocycles. The topological polar surface area (TPSA) is 55.4 Å². The molecule has 2 aliphatic rings. The minimum atomic E-state index is -0.912. The van der Waals surface area contributed by atoms with Gasteiger partial charge in [0.25, 0.3) is 0 Å². The highest BCUT2D eigenvalue weighted by molar-refractivity contribution is 6.19. The number of hydrogen-bond acceptors (Lipinski definition) is 4. The maximum atomic E-state index is 13.9. The second-order valence-electron chi connectivity index (χ2n) is 8.87. The number of ether oxygens (including phenoxy) is 1. The number of ketones is 1. The van der Waals surface area contributed by atoms with Gasteiger partial charge in [0.05, 0.1) is 17.6 Å². The van der Waals surface area contributed by atoms with Crippen molar-refractivity contribution in [2.45, 2.75) is 26.3 Å². The van der Waals surface area contributed by atoms with E-state index >= 15 is 0 Å². The van der Waals surface area contributed by atoms with Crippen LogP contribution in [-0.4, -0.2) is 18.4 Å². The molecule has 2 unspecified atom stereocenters. The molecule has 0 saturated heterocycles. The van der Waals surface area contributed by atoms with Crippen molar-refractivity contribution in [1.29, 1.82) is 0 Å². The van der Waals surface area contributed by atoms with Gasteiger partial charge in [-0.2, -0.15) is 0 Å². The van der Waals surface area contributed by atoms with Crippen LogP contribution in [0.3, 0.4) is 0 Å². The van der Waals surface area contributed by atoms with Crippen LogP contribution in [-0.2, 0) is 16.1 Å². The molecule has 34 heavy (non-hydrogen) atoms. The lowest BCUT2D eigenvalue weighted by atomic mass is 9.62. The Morgan fingerprint density at radius 2 is 1.53 bits per heavy atom. The van der Waals surface area contributed by atoms with E-state index in [4.69, 9.17) is 4.74 Å². The zero-order chi connectivity index (χ0) is 23.7. The van der Waals surface area contributed by atoms with Crippen LogP contribution in [0, 0.1) is 5.41 Å².